The van der Waals surface area contributed by atoms with Gasteiger partial charge in [0.15, 0.2) is 17.6 Å². The van der Waals surface area contributed by atoms with Gasteiger partial charge in [0.05, 0.1) is 11.5 Å². The van der Waals surface area contributed by atoms with Crippen LogP contribution in [0, 0.1) is 6.92 Å². The van der Waals surface area contributed by atoms with E-state index in [1.54, 1.807) is 29.5 Å². The number of anilines is 1. The van der Waals surface area contributed by atoms with Crippen molar-refractivity contribution in [1.29, 1.82) is 0 Å². The number of nitrogens with one attached hydrogen (secondary N) is 1. The van der Waals surface area contributed by atoms with Crippen LogP contribution in [-0.4, -0.2) is 78.9 Å². The van der Waals surface area contributed by atoms with E-state index >= 15 is 0 Å². The second kappa shape index (κ2) is 9.53. The number of hydrogen-bond acceptors (Lipinski definition) is 7. The third kappa shape index (κ3) is 5.44. The molecule has 1 saturated heterocycles. The molecule has 0 saturated carbocycles. The number of aryl methyl sites for hydroxylation is 1. The number of aliphatic hydroxyl groups excluding tert-OH is 1. The first kappa shape index (κ1) is 21.4. The Bertz CT molecular complexity index is 885. The van der Waals surface area contributed by atoms with E-state index in [-0.39, 0.29) is 5.91 Å². The molecule has 2 N–H and O–H groups in total. The standard InChI is InChI=1S/C21H26ClN3O4S/c1-14-8-21(30-13-14)23-20(27)11-25-6-4-24(5-7-25)10-16(26)19-12-28-17-3-2-15(22)9-18(17)29-19/h2-3,8-9,13,16,19,26H,4-7,10-12H2,1H3,(H,23,27). The molecule has 4 rings (SSSR count). The largest absolute Gasteiger partial charge is 0.486 e. The lowest BCUT2D eigenvalue weighted by molar-refractivity contribution is -0.117. The number of ether oxygens (including phenoxy) is 2. The fraction of sp³-hybridized carbons (Fsp3) is 0.476. The van der Waals surface area contributed by atoms with Gasteiger partial charge < -0.3 is 19.9 Å². The molecule has 1 aromatic heterocycles. The van der Waals surface area contributed by atoms with Crippen LogP contribution in [0.5, 0.6) is 11.5 Å². The molecule has 3 heterocycles. The Morgan fingerprint density at radius 2 is 2.03 bits per heavy atom. The Hall–Kier alpha value is -1.84. The predicted octanol–water partition coefficient (Wildman–Crippen LogP) is 2.47. The van der Waals surface area contributed by atoms with Crippen molar-refractivity contribution in [1.82, 2.24) is 9.80 Å². The number of piperazine rings is 1. The first-order chi connectivity index (χ1) is 14.5. The molecule has 2 aromatic rings. The minimum absolute atomic E-state index is 0.00964. The molecule has 9 heteroatoms. The summed E-state index contributed by atoms with van der Waals surface area (Å²) in [6.07, 6.45) is -1.11. The van der Waals surface area contributed by atoms with Crippen LogP contribution in [0.3, 0.4) is 0 Å². The average molecular weight is 452 g/mol. The van der Waals surface area contributed by atoms with Gasteiger partial charge in [0, 0.05) is 43.8 Å². The van der Waals surface area contributed by atoms with Gasteiger partial charge in [-0.2, -0.15) is 0 Å². The van der Waals surface area contributed by atoms with Crippen molar-refractivity contribution < 1.29 is 19.4 Å². The molecule has 0 aliphatic carbocycles. The smallest absolute Gasteiger partial charge is 0.239 e. The van der Waals surface area contributed by atoms with Gasteiger partial charge in [0.2, 0.25) is 5.91 Å². The zero-order chi connectivity index (χ0) is 21.1. The first-order valence-corrected chi connectivity index (χ1v) is 11.3. The molecule has 30 heavy (non-hydrogen) atoms. The van der Waals surface area contributed by atoms with Crippen molar-refractivity contribution in [3.63, 3.8) is 0 Å². The van der Waals surface area contributed by atoms with Crippen molar-refractivity contribution in [3.8, 4) is 11.5 Å². The lowest BCUT2D eigenvalue weighted by atomic mass is 10.1. The van der Waals surface area contributed by atoms with E-state index in [4.69, 9.17) is 21.1 Å². The summed E-state index contributed by atoms with van der Waals surface area (Å²) in [6, 6.07) is 7.21. The number of fused-ring (bicyclic) bond motifs is 1. The topological polar surface area (TPSA) is 74.3 Å². The SMILES string of the molecule is Cc1csc(NC(=O)CN2CCN(CC(O)C3COc4ccc(Cl)cc4O3)CC2)c1. The van der Waals surface area contributed by atoms with Crippen LogP contribution in [0.25, 0.3) is 0 Å². The molecule has 1 amide bonds. The Morgan fingerprint density at radius 3 is 2.77 bits per heavy atom. The number of rotatable bonds is 6. The summed E-state index contributed by atoms with van der Waals surface area (Å²) in [5, 5.41) is 17.1. The zero-order valence-corrected chi connectivity index (χ0v) is 18.4. The fourth-order valence-electron chi connectivity index (χ4n) is 3.64. The van der Waals surface area contributed by atoms with E-state index in [0.29, 0.717) is 36.2 Å². The first-order valence-electron chi connectivity index (χ1n) is 10.0. The summed E-state index contributed by atoms with van der Waals surface area (Å²) in [4.78, 5) is 16.6. The normalized spacial score (nSPS) is 20.7. The molecule has 162 valence electrons. The molecule has 1 aromatic carbocycles. The second-order valence-electron chi connectivity index (χ2n) is 7.74. The second-order valence-corrected chi connectivity index (χ2v) is 9.09. The van der Waals surface area contributed by atoms with Crippen LogP contribution in [-0.2, 0) is 4.79 Å². The summed E-state index contributed by atoms with van der Waals surface area (Å²) in [5.74, 6) is 1.22. The number of hydrogen-bond donors (Lipinski definition) is 2. The van der Waals surface area contributed by atoms with Gasteiger partial charge in [0.25, 0.3) is 0 Å². The van der Waals surface area contributed by atoms with Crippen LogP contribution in [0.1, 0.15) is 5.56 Å². The van der Waals surface area contributed by atoms with E-state index in [0.717, 1.165) is 36.7 Å². The molecule has 2 aliphatic rings. The number of carbonyl (C=O) groups excluding carboxylic acids is 1. The highest BCUT2D eigenvalue weighted by atomic mass is 35.5. The van der Waals surface area contributed by atoms with E-state index in [1.165, 1.54) is 0 Å². The van der Waals surface area contributed by atoms with Gasteiger partial charge in [-0.05, 0) is 36.1 Å². The molecule has 0 radical (unpaired) electrons. The van der Waals surface area contributed by atoms with Crippen molar-refractivity contribution in [2.24, 2.45) is 0 Å². The summed E-state index contributed by atoms with van der Waals surface area (Å²) >= 11 is 7.56. The molecule has 7 nitrogen and oxygen atoms in total. The predicted molar refractivity (Wildman–Crippen MR) is 118 cm³/mol. The lowest BCUT2D eigenvalue weighted by Gasteiger charge is -2.37. The molecule has 0 bridgehead atoms. The highest BCUT2D eigenvalue weighted by molar-refractivity contribution is 7.14. The summed E-state index contributed by atoms with van der Waals surface area (Å²) in [7, 11) is 0. The van der Waals surface area contributed by atoms with Gasteiger partial charge >= 0.3 is 0 Å². The Kier molecular flexibility index (Phi) is 6.80. The van der Waals surface area contributed by atoms with Crippen molar-refractivity contribution in [2.45, 2.75) is 19.1 Å². The number of nitrogens with zero attached hydrogens (tertiary/aromatic N) is 2. The van der Waals surface area contributed by atoms with Crippen LogP contribution < -0.4 is 14.8 Å². The minimum Gasteiger partial charge on any atom is -0.486 e. The molecule has 1 fully saturated rings. The summed E-state index contributed by atoms with van der Waals surface area (Å²) in [5.41, 5.74) is 1.15. The summed E-state index contributed by atoms with van der Waals surface area (Å²) in [6.45, 7) is 6.34. The fourth-order valence-corrected chi connectivity index (χ4v) is 4.61. The minimum atomic E-state index is -0.672. The van der Waals surface area contributed by atoms with Crippen LogP contribution in [0.15, 0.2) is 29.6 Å². The van der Waals surface area contributed by atoms with Gasteiger partial charge in [-0.3, -0.25) is 14.6 Å². The summed E-state index contributed by atoms with van der Waals surface area (Å²) < 4.78 is 11.6. The van der Waals surface area contributed by atoms with Crippen LogP contribution >= 0.6 is 22.9 Å². The lowest BCUT2D eigenvalue weighted by Crippen LogP contribution is -2.53. The van der Waals surface area contributed by atoms with Gasteiger partial charge in [-0.1, -0.05) is 11.6 Å². The maximum atomic E-state index is 12.2. The highest BCUT2D eigenvalue weighted by Crippen LogP contribution is 2.34. The van der Waals surface area contributed by atoms with E-state index < -0.39 is 12.2 Å². The van der Waals surface area contributed by atoms with Crippen LogP contribution in [0.4, 0.5) is 5.00 Å². The number of β-amino-alcohol motifs (C(OH)–C–C–N with tert-alkyl or cyclic N) is 1. The number of aliphatic hydroxyl groups is 1. The Balaban J connectivity index is 1.20. The van der Waals surface area contributed by atoms with Crippen molar-refractivity contribution >= 4 is 33.8 Å². The monoisotopic (exact) mass is 451 g/mol. The zero-order valence-electron chi connectivity index (χ0n) is 16.8. The molecular weight excluding hydrogens is 426 g/mol. The molecule has 2 unspecified atom stereocenters. The van der Waals surface area contributed by atoms with Gasteiger partial charge in [-0.25, -0.2) is 0 Å². The van der Waals surface area contributed by atoms with Crippen molar-refractivity contribution in [2.75, 3.05) is 51.2 Å². The molecule has 2 atom stereocenters. The number of amides is 1. The van der Waals surface area contributed by atoms with Gasteiger partial charge in [-0.15, -0.1) is 11.3 Å². The maximum absolute atomic E-state index is 12.2. The molecular formula is C21H26ClN3O4S. The number of thiophene rings is 1. The number of halogens is 1. The third-order valence-electron chi connectivity index (χ3n) is 5.29. The average Bonchev–Trinajstić information content (AvgIpc) is 3.13. The number of carbonyl (C=O) groups is 1. The van der Waals surface area contributed by atoms with E-state index in [2.05, 4.69) is 15.1 Å². The quantitative estimate of drug-likeness (QED) is 0.702. The van der Waals surface area contributed by atoms with Crippen molar-refractivity contribution in [3.05, 3.63) is 40.2 Å². The Morgan fingerprint density at radius 1 is 1.27 bits per heavy atom. The maximum Gasteiger partial charge on any atom is 0.239 e. The van der Waals surface area contributed by atoms with Crippen LogP contribution in [0.2, 0.25) is 5.02 Å². The Labute approximate surface area is 185 Å². The van der Waals surface area contributed by atoms with E-state index in [9.17, 15) is 9.90 Å². The highest BCUT2D eigenvalue weighted by Gasteiger charge is 2.30. The van der Waals surface area contributed by atoms with Gasteiger partial charge in [0.1, 0.15) is 12.7 Å². The third-order valence-corrected chi connectivity index (χ3v) is 6.49. The molecule has 2 aliphatic heterocycles. The molecule has 0 spiro atoms. The number of benzene rings is 1. The van der Waals surface area contributed by atoms with E-state index in [1.807, 2.05) is 18.4 Å².